The fraction of sp³-hybridized carbons (Fsp3) is 1.00. The van der Waals surface area contributed by atoms with Crippen LogP contribution in [0.1, 0.15) is 27.2 Å². The Morgan fingerprint density at radius 1 is 1.50 bits per heavy atom. The van der Waals surface area contributed by atoms with Crippen LogP contribution in [0.5, 0.6) is 0 Å². The van der Waals surface area contributed by atoms with Crippen LogP contribution in [0.3, 0.4) is 0 Å². The van der Waals surface area contributed by atoms with Crippen LogP contribution in [0.4, 0.5) is 0 Å². The molecule has 0 saturated carbocycles. The van der Waals surface area contributed by atoms with E-state index in [1.165, 1.54) is 28.9 Å². The maximum atomic E-state index is 2.30. The van der Waals surface area contributed by atoms with Gasteiger partial charge in [0.1, 0.15) is 0 Å². The van der Waals surface area contributed by atoms with Crippen LogP contribution in [0.25, 0.3) is 0 Å². The summed E-state index contributed by atoms with van der Waals surface area (Å²) in [5.41, 5.74) is 0. The van der Waals surface area contributed by atoms with Crippen LogP contribution in [0.15, 0.2) is 0 Å². The molecule has 0 saturated heterocycles. The van der Waals surface area contributed by atoms with E-state index in [0.29, 0.717) is 3.43 Å². The average molecular weight is 191 g/mol. The Labute approximate surface area is 53.4 Å². The molecule has 0 atom stereocenters. The van der Waals surface area contributed by atoms with Crippen molar-refractivity contribution in [2.45, 2.75) is 30.6 Å². The average Bonchev–Trinajstić information content (AvgIpc) is 1.35. The quantitative estimate of drug-likeness (QED) is 0.550. The summed E-state index contributed by atoms with van der Waals surface area (Å²) < 4.78 is 0.672. The predicted molar refractivity (Wildman–Crippen MR) is 31.5 cm³/mol. The first-order chi connectivity index (χ1) is 2.56. The van der Waals surface area contributed by atoms with Crippen LogP contribution in [0, 0.1) is 0 Å². The third-order valence-electron chi connectivity index (χ3n) is 0.911. The van der Waals surface area contributed by atoms with Gasteiger partial charge in [-0.25, -0.2) is 0 Å². The Bertz CT molecular complexity index is 33.7. The Balaban J connectivity index is 3.17. The molecular weight excluding hydrogens is 179 g/mol. The Morgan fingerprint density at radius 3 is 1.67 bits per heavy atom. The Hall–Kier alpha value is 0.799. The van der Waals surface area contributed by atoms with Gasteiger partial charge in [0, 0.05) is 0 Å². The molecule has 0 amide bonds. The van der Waals surface area contributed by atoms with Crippen molar-refractivity contribution >= 4 is 22.5 Å². The van der Waals surface area contributed by atoms with Crippen molar-refractivity contribution in [3.8, 4) is 0 Å². The second-order valence-corrected chi connectivity index (χ2v) is 6.80. The van der Waals surface area contributed by atoms with Crippen molar-refractivity contribution in [2.24, 2.45) is 0 Å². The number of rotatable bonds is 1. The molecule has 2 radical (unpaired) electrons. The summed E-state index contributed by atoms with van der Waals surface area (Å²) in [4.78, 5) is 0. The third kappa shape index (κ3) is 4.80. The van der Waals surface area contributed by atoms with E-state index in [0.717, 1.165) is 0 Å². The SMILES string of the molecule is CC[C](C)(C)[SnH]. The van der Waals surface area contributed by atoms with Crippen molar-refractivity contribution in [3.05, 3.63) is 0 Å². The Kier molecular flexibility index (Phi) is 2.49. The molecule has 0 aliphatic rings. The fourth-order valence-electron chi connectivity index (χ4n) is 0. The van der Waals surface area contributed by atoms with Gasteiger partial charge in [-0.2, -0.15) is 0 Å². The van der Waals surface area contributed by atoms with Crippen molar-refractivity contribution in [1.29, 1.82) is 0 Å². The molecule has 6 heavy (non-hydrogen) atoms. The van der Waals surface area contributed by atoms with E-state index < -0.39 is 0 Å². The van der Waals surface area contributed by atoms with Gasteiger partial charge in [-0.05, 0) is 0 Å². The summed E-state index contributed by atoms with van der Waals surface area (Å²) in [6, 6.07) is 0. The molecule has 0 aromatic carbocycles. The zero-order valence-corrected chi connectivity index (χ0v) is 8.08. The van der Waals surface area contributed by atoms with Crippen molar-refractivity contribution in [3.63, 3.8) is 0 Å². The molecule has 0 unspecified atom stereocenters. The van der Waals surface area contributed by atoms with Gasteiger partial charge in [-0.15, -0.1) is 0 Å². The standard InChI is InChI=1S/C5H11.Sn.H/c1-4-5(2)3;;/h4H2,1-3H3;;. The van der Waals surface area contributed by atoms with E-state index in [-0.39, 0.29) is 0 Å². The van der Waals surface area contributed by atoms with Gasteiger partial charge in [0.2, 0.25) is 0 Å². The summed E-state index contributed by atoms with van der Waals surface area (Å²) in [5.74, 6) is 0. The van der Waals surface area contributed by atoms with E-state index in [4.69, 9.17) is 0 Å². The minimum absolute atomic E-state index is 0.672. The zero-order valence-electron chi connectivity index (χ0n) is 4.78. The van der Waals surface area contributed by atoms with E-state index in [9.17, 15) is 0 Å². The summed E-state index contributed by atoms with van der Waals surface area (Å²) in [6.45, 7) is 6.84. The molecule has 0 aromatic rings. The molecular formula is C5H12Sn. The van der Waals surface area contributed by atoms with Gasteiger partial charge in [-0.3, -0.25) is 0 Å². The van der Waals surface area contributed by atoms with Crippen LogP contribution in [-0.4, -0.2) is 22.5 Å². The number of hydrogen-bond acceptors (Lipinski definition) is 0. The molecule has 36 valence electrons. The second kappa shape index (κ2) is 2.20. The summed E-state index contributed by atoms with van der Waals surface area (Å²) >= 11 is 1.39. The molecule has 0 rings (SSSR count). The number of hydrogen-bond donors (Lipinski definition) is 0. The summed E-state index contributed by atoms with van der Waals surface area (Å²) in [7, 11) is 0. The third-order valence-corrected chi connectivity index (χ3v) is 2.08. The second-order valence-electron chi connectivity index (χ2n) is 2.34. The fourth-order valence-corrected chi connectivity index (χ4v) is 0. The minimum atomic E-state index is 0.672. The summed E-state index contributed by atoms with van der Waals surface area (Å²) in [5, 5.41) is 0. The summed E-state index contributed by atoms with van der Waals surface area (Å²) in [6.07, 6.45) is 1.33. The molecule has 0 heterocycles. The first-order valence-corrected chi connectivity index (χ1v) is 4.00. The first-order valence-electron chi connectivity index (χ1n) is 2.35. The van der Waals surface area contributed by atoms with Crippen LogP contribution in [-0.2, 0) is 0 Å². The topological polar surface area (TPSA) is 0 Å². The maximum absolute atomic E-state index is 2.30. The van der Waals surface area contributed by atoms with Gasteiger partial charge in [0.05, 0.1) is 0 Å². The van der Waals surface area contributed by atoms with Gasteiger partial charge in [-0.1, -0.05) is 0 Å². The van der Waals surface area contributed by atoms with Gasteiger partial charge in [0.15, 0.2) is 0 Å². The predicted octanol–water partition coefficient (Wildman–Crippen LogP) is 1.50. The van der Waals surface area contributed by atoms with Crippen LogP contribution < -0.4 is 0 Å². The Morgan fingerprint density at radius 2 is 1.67 bits per heavy atom. The van der Waals surface area contributed by atoms with E-state index >= 15 is 0 Å². The van der Waals surface area contributed by atoms with Crippen LogP contribution >= 0.6 is 0 Å². The molecule has 0 bridgehead atoms. The normalized spacial score (nSPS) is 12.0. The molecule has 0 aliphatic heterocycles. The van der Waals surface area contributed by atoms with Crippen molar-refractivity contribution in [2.75, 3.05) is 0 Å². The first kappa shape index (κ1) is 6.80. The van der Waals surface area contributed by atoms with Crippen LogP contribution in [0.2, 0.25) is 3.43 Å². The van der Waals surface area contributed by atoms with Crippen molar-refractivity contribution in [1.82, 2.24) is 0 Å². The molecule has 1 heteroatoms. The molecule has 0 nitrogen and oxygen atoms in total. The van der Waals surface area contributed by atoms with Gasteiger partial charge < -0.3 is 0 Å². The van der Waals surface area contributed by atoms with Gasteiger partial charge >= 0.3 is 53.1 Å². The molecule has 0 N–H and O–H groups in total. The molecule has 0 aliphatic carbocycles. The van der Waals surface area contributed by atoms with Gasteiger partial charge in [0.25, 0.3) is 0 Å². The van der Waals surface area contributed by atoms with Crippen molar-refractivity contribution < 1.29 is 0 Å². The zero-order chi connectivity index (χ0) is 5.21. The molecule has 0 spiro atoms. The molecule has 0 aromatic heterocycles. The molecule has 0 fully saturated rings. The monoisotopic (exact) mass is 192 g/mol. The van der Waals surface area contributed by atoms with E-state index in [2.05, 4.69) is 20.8 Å². The van der Waals surface area contributed by atoms with E-state index in [1.807, 2.05) is 0 Å². The van der Waals surface area contributed by atoms with E-state index in [1.54, 1.807) is 0 Å².